The molecule has 8 nitrogen and oxygen atoms in total. The summed E-state index contributed by atoms with van der Waals surface area (Å²) in [5.74, 6) is -1.87. The molecule has 44 heavy (non-hydrogen) atoms. The molecule has 0 saturated heterocycles. The van der Waals surface area contributed by atoms with Gasteiger partial charge in [0.1, 0.15) is 11.4 Å². The highest BCUT2D eigenvalue weighted by Crippen LogP contribution is 2.41. The van der Waals surface area contributed by atoms with E-state index in [9.17, 15) is 13.6 Å². The number of aromatic nitrogens is 1. The van der Waals surface area contributed by atoms with Gasteiger partial charge >= 0.3 is 0 Å². The SMILES string of the molecule is C=C(/C(=C\C=C/C)SNc1oncc1C)c1ccc(CN2C(=O)C3(CCCC3)N=C2CCC(C)(F)F)cc1COCC.CO. The summed E-state index contributed by atoms with van der Waals surface area (Å²) < 4.78 is 41.9. The van der Waals surface area contributed by atoms with Crippen molar-refractivity contribution in [1.29, 1.82) is 0 Å². The summed E-state index contributed by atoms with van der Waals surface area (Å²) in [6, 6.07) is 5.96. The van der Waals surface area contributed by atoms with E-state index in [0.717, 1.165) is 59.6 Å². The first-order valence-corrected chi connectivity index (χ1v) is 15.7. The number of carbonyl (C=O) groups is 1. The summed E-state index contributed by atoms with van der Waals surface area (Å²) in [4.78, 5) is 20.9. The van der Waals surface area contributed by atoms with Gasteiger partial charge in [0, 0.05) is 37.0 Å². The number of carbonyl (C=O) groups excluding carboxylic acids is 1. The number of hydrogen-bond donors (Lipinski definition) is 2. The van der Waals surface area contributed by atoms with E-state index in [1.807, 2.05) is 57.2 Å². The van der Waals surface area contributed by atoms with Gasteiger partial charge < -0.3 is 14.4 Å². The van der Waals surface area contributed by atoms with E-state index in [1.165, 1.54) is 11.9 Å². The molecule has 1 aliphatic carbocycles. The van der Waals surface area contributed by atoms with Gasteiger partial charge in [0.05, 0.1) is 19.3 Å². The lowest BCUT2D eigenvalue weighted by Gasteiger charge is -2.24. The van der Waals surface area contributed by atoms with Crippen molar-refractivity contribution in [3.8, 4) is 0 Å². The van der Waals surface area contributed by atoms with Crippen LogP contribution in [0.1, 0.15) is 81.5 Å². The van der Waals surface area contributed by atoms with Crippen molar-refractivity contribution >= 4 is 35.1 Å². The fraction of sp³-hybridized carbons (Fsp3) is 0.485. The van der Waals surface area contributed by atoms with E-state index in [4.69, 9.17) is 19.4 Å². The fourth-order valence-electron chi connectivity index (χ4n) is 5.25. The molecule has 2 aromatic rings. The Labute approximate surface area is 263 Å². The molecule has 0 unspecified atom stereocenters. The number of allylic oxidation sites excluding steroid dienone is 4. The zero-order valence-electron chi connectivity index (χ0n) is 26.3. The number of hydrogen-bond acceptors (Lipinski definition) is 8. The van der Waals surface area contributed by atoms with Crippen LogP contribution in [0.3, 0.4) is 0 Å². The Kier molecular flexibility index (Phi) is 12.9. The smallest absolute Gasteiger partial charge is 0.256 e. The highest BCUT2D eigenvalue weighted by molar-refractivity contribution is 8.04. The first-order chi connectivity index (χ1) is 21.1. The van der Waals surface area contributed by atoms with Gasteiger partial charge in [0.25, 0.3) is 5.91 Å². The Hall–Kier alpha value is -3.28. The normalized spacial score (nSPS) is 16.5. The van der Waals surface area contributed by atoms with E-state index in [1.54, 1.807) is 11.1 Å². The molecular formula is C33H44F2N4O4S. The molecule has 2 N–H and O–H groups in total. The van der Waals surface area contributed by atoms with Gasteiger partial charge in [-0.1, -0.05) is 54.9 Å². The number of aliphatic hydroxyl groups excluding tert-OH is 1. The zero-order valence-corrected chi connectivity index (χ0v) is 27.1. The number of ether oxygens (including phenoxy) is 1. The minimum atomic E-state index is -2.83. The number of rotatable bonds is 14. The number of alkyl halides is 2. The summed E-state index contributed by atoms with van der Waals surface area (Å²) in [5, 5.41) is 10.8. The molecule has 1 aliphatic heterocycles. The number of anilines is 1. The van der Waals surface area contributed by atoms with Crippen molar-refractivity contribution in [1.82, 2.24) is 10.1 Å². The largest absolute Gasteiger partial charge is 0.400 e. The lowest BCUT2D eigenvalue weighted by Crippen LogP contribution is -2.40. The van der Waals surface area contributed by atoms with Gasteiger partial charge in [-0.3, -0.25) is 19.4 Å². The van der Waals surface area contributed by atoms with Gasteiger partial charge in [-0.2, -0.15) is 0 Å². The summed E-state index contributed by atoms with van der Waals surface area (Å²) in [6.45, 7) is 12.3. The maximum atomic E-state index is 13.8. The number of aliphatic imine (C=N–C) groups is 1. The lowest BCUT2D eigenvalue weighted by molar-refractivity contribution is -0.131. The number of nitrogens with one attached hydrogen (secondary N) is 1. The number of amidine groups is 1. The van der Waals surface area contributed by atoms with Crippen LogP contribution in [0, 0.1) is 6.92 Å². The highest BCUT2D eigenvalue weighted by atomic mass is 32.2. The van der Waals surface area contributed by atoms with Crippen LogP contribution in [-0.2, 0) is 22.7 Å². The maximum Gasteiger partial charge on any atom is 0.256 e. The zero-order chi connectivity index (χ0) is 32.3. The Morgan fingerprint density at radius 2 is 2.05 bits per heavy atom. The number of aryl methyl sites for hydroxylation is 1. The van der Waals surface area contributed by atoms with Crippen LogP contribution in [-0.4, -0.2) is 52.1 Å². The Morgan fingerprint density at radius 1 is 1.32 bits per heavy atom. The number of halogens is 2. The van der Waals surface area contributed by atoms with Crippen molar-refractivity contribution in [3.05, 3.63) is 76.4 Å². The molecule has 2 heterocycles. The van der Waals surface area contributed by atoms with Crippen LogP contribution < -0.4 is 4.72 Å². The van der Waals surface area contributed by atoms with E-state index < -0.39 is 11.5 Å². The van der Waals surface area contributed by atoms with Crippen molar-refractivity contribution in [2.24, 2.45) is 4.99 Å². The van der Waals surface area contributed by atoms with Crippen LogP contribution in [0.4, 0.5) is 14.7 Å². The second-order valence-electron chi connectivity index (χ2n) is 10.9. The first kappa shape index (κ1) is 35.2. The molecular weight excluding hydrogens is 586 g/mol. The third-order valence-corrected chi connectivity index (χ3v) is 8.44. The molecule has 1 saturated carbocycles. The number of nitrogens with zero attached hydrogens (tertiary/aromatic N) is 3. The first-order valence-electron chi connectivity index (χ1n) is 14.9. The summed E-state index contributed by atoms with van der Waals surface area (Å²) in [6.07, 6.45) is 10.4. The maximum absolute atomic E-state index is 13.8. The molecule has 1 fully saturated rings. The molecule has 0 radical (unpaired) electrons. The van der Waals surface area contributed by atoms with Crippen molar-refractivity contribution in [2.75, 3.05) is 18.4 Å². The van der Waals surface area contributed by atoms with Crippen LogP contribution in [0.25, 0.3) is 5.57 Å². The van der Waals surface area contributed by atoms with Gasteiger partial charge in [-0.05, 0) is 80.8 Å². The second kappa shape index (κ2) is 16.2. The lowest BCUT2D eigenvalue weighted by atomic mass is 9.96. The van der Waals surface area contributed by atoms with Crippen molar-refractivity contribution in [3.63, 3.8) is 0 Å². The second-order valence-corrected chi connectivity index (χ2v) is 11.8. The van der Waals surface area contributed by atoms with E-state index in [-0.39, 0.29) is 25.3 Å². The van der Waals surface area contributed by atoms with E-state index in [0.29, 0.717) is 37.8 Å². The fourth-order valence-corrected chi connectivity index (χ4v) is 6.03. The standard InChI is InChI=1S/C32H40F2N4O3S.CH4O/c1-6-8-11-27(42-37-29-22(3)19-35-41-29)23(4)26-13-12-24(18-25(26)21-40-7-2)20-38-28(14-17-31(5,33)34)36-32(30(38)39)15-9-10-16-32;1-2/h6,8,11-13,18-19,37H,4,7,9-10,14-17,20-21H2,1-3,5H3;2H,1H3/b8-6-,27-11+;. The summed E-state index contributed by atoms with van der Waals surface area (Å²) in [7, 11) is 1.00. The molecule has 1 amide bonds. The molecule has 0 bridgehead atoms. The molecule has 4 rings (SSSR count). The Balaban J connectivity index is 0.00000259. The van der Waals surface area contributed by atoms with Gasteiger partial charge in [0.15, 0.2) is 0 Å². The van der Waals surface area contributed by atoms with Crippen LogP contribution in [0.5, 0.6) is 0 Å². The van der Waals surface area contributed by atoms with Gasteiger partial charge in [0.2, 0.25) is 11.8 Å². The number of aliphatic hydroxyl groups is 1. The Morgan fingerprint density at radius 3 is 2.66 bits per heavy atom. The average molecular weight is 631 g/mol. The minimum absolute atomic E-state index is 0.0612. The molecule has 1 spiro atoms. The monoisotopic (exact) mass is 630 g/mol. The third-order valence-electron chi connectivity index (χ3n) is 7.55. The molecule has 240 valence electrons. The Bertz CT molecular complexity index is 1370. The van der Waals surface area contributed by atoms with Crippen molar-refractivity contribution < 1.29 is 27.9 Å². The number of benzene rings is 1. The molecule has 11 heteroatoms. The minimum Gasteiger partial charge on any atom is -0.400 e. The van der Waals surface area contributed by atoms with Crippen LogP contribution in [0.2, 0.25) is 0 Å². The summed E-state index contributed by atoms with van der Waals surface area (Å²) >= 11 is 1.37. The van der Waals surface area contributed by atoms with E-state index in [2.05, 4.69) is 16.5 Å². The number of amides is 1. The summed E-state index contributed by atoms with van der Waals surface area (Å²) in [5.41, 5.74) is 3.59. The molecule has 1 aromatic carbocycles. The highest BCUT2D eigenvalue weighted by Gasteiger charge is 2.49. The third kappa shape index (κ3) is 8.89. The predicted molar refractivity (Wildman–Crippen MR) is 173 cm³/mol. The predicted octanol–water partition coefficient (Wildman–Crippen LogP) is 7.85. The topological polar surface area (TPSA) is 100 Å². The van der Waals surface area contributed by atoms with Gasteiger partial charge in [-0.15, -0.1) is 0 Å². The molecule has 1 aromatic heterocycles. The van der Waals surface area contributed by atoms with Crippen LogP contribution >= 0.6 is 11.9 Å². The van der Waals surface area contributed by atoms with Crippen molar-refractivity contribution in [2.45, 2.75) is 90.8 Å². The van der Waals surface area contributed by atoms with Gasteiger partial charge in [-0.25, -0.2) is 8.78 Å². The quantitative estimate of drug-likeness (QED) is 0.162. The average Bonchev–Trinajstić information content (AvgIpc) is 3.72. The van der Waals surface area contributed by atoms with Crippen LogP contribution in [0.15, 0.2) is 63.6 Å². The molecule has 0 atom stereocenters. The molecule has 2 aliphatic rings. The van der Waals surface area contributed by atoms with E-state index >= 15 is 0 Å².